The Balaban J connectivity index is 1.75. The van der Waals surface area contributed by atoms with Crippen molar-refractivity contribution in [1.82, 2.24) is 14.5 Å². The molecule has 1 aliphatic rings. The highest BCUT2D eigenvalue weighted by Crippen LogP contribution is 2.36. The zero-order valence-electron chi connectivity index (χ0n) is 19.4. The molecule has 8 heteroatoms. The van der Waals surface area contributed by atoms with Crippen molar-refractivity contribution in [1.29, 1.82) is 0 Å². The van der Waals surface area contributed by atoms with Gasteiger partial charge in [-0.3, -0.25) is 4.79 Å². The number of alkyl halides is 3. The fourth-order valence-corrected chi connectivity index (χ4v) is 4.89. The molecule has 4 nitrogen and oxygen atoms in total. The average molecular weight is 492 g/mol. The molecule has 3 aromatic rings. The van der Waals surface area contributed by atoms with Crippen LogP contribution in [0.25, 0.3) is 11.0 Å². The van der Waals surface area contributed by atoms with Crippen molar-refractivity contribution in [3.05, 3.63) is 64.4 Å². The molecular formula is C26H29ClF3N3O. The SMILES string of the molecule is CC(C)CCN(Cc1nc2ccc(Cl)cc2n1C1CCCC1)C(=O)c1ccccc1C(F)(F)F. The second-order valence-corrected chi connectivity index (χ2v) is 9.86. The number of hydrogen-bond donors (Lipinski definition) is 0. The maximum atomic E-state index is 13.7. The summed E-state index contributed by atoms with van der Waals surface area (Å²) in [5.41, 5.74) is 0.440. The van der Waals surface area contributed by atoms with Gasteiger partial charge < -0.3 is 9.47 Å². The molecule has 0 bridgehead atoms. The molecule has 1 aliphatic carbocycles. The molecule has 1 heterocycles. The van der Waals surface area contributed by atoms with Gasteiger partial charge in [0, 0.05) is 17.6 Å². The summed E-state index contributed by atoms with van der Waals surface area (Å²) in [5.74, 6) is 0.350. The Labute approximate surface area is 202 Å². The third kappa shape index (κ3) is 5.24. The second-order valence-electron chi connectivity index (χ2n) is 9.42. The Morgan fingerprint density at radius 2 is 1.88 bits per heavy atom. The van der Waals surface area contributed by atoms with Crippen LogP contribution >= 0.6 is 11.6 Å². The van der Waals surface area contributed by atoms with E-state index in [2.05, 4.69) is 4.57 Å². The molecule has 0 saturated heterocycles. The van der Waals surface area contributed by atoms with E-state index in [-0.39, 0.29) is 18.2 Å². The highest BCUT2D eigenvalue weighted by atomic mass is 35.5. The summed E-state index contributed by atoms with van der Waals surface area (Å²) in [6.07, 6.45) is 0.293. The Kier molecular flexibility index (Phi) is 7.22. The van der Waals surface area contributed by atoms with E-state index < -0.39 is 17.6 Å². The first-order valence-corrected chi connectivity index (χ1v) is 12.1. The number of amides is 1. The monoisotopic (exact) mass is 491 g/mol. The number of benzene rings is 2. The normalized spacial score (nSPS) is 14.9. The lowest BCUT2D eigenvalue weighted by Gasteiger charge is -2.26. The maximum absolute atomic E-state index is 13.7. The predicted molar refractivity (Wildman–Crippen MR) is 128 cm³/mol. The lowest BCUT2D eigenvalue weighted by molar-refractivity contribution is -0.138. The molecule has 1 amide bonds. The molecule has 0 aliphatic heterocycles. The highest BCUT2D eigenvalue weighted by Gasteiger charge is 2.36. The number of halogens is 4. The van der Waals surface area contributed by atoms with Crippen molar-refractivity contribution in [2.24, 2.45) is 5.92 Å². The van der Waals surface area contributed by atoms with Crippen molar-refractivity contribution in [3.63, 3.8) is 0 Å². The quantitative estimate of drug-likeness (QED) is 0.343. The van der Waals surface area contributed by atoms with Gasteiger partial charge in [0.15, 0.2) is 0 Å². The predicted octanol–water partition coefficient (Wildman–Crippen LogP) is 7.51. The minimum atomic E-state index is -4.61. The molecule has 0 atom stereocenters. The summed E-state index contributed by atoms with van der Waals surface area (Å²) in [4.78, 5) is 19.8. The number of nitrogens with zero attached hydrogens (tertiary/aromatic N) is 3. The Bertz CT molecular complexity index is 1170. The summed E-state index contributed by atoms with van der Waals surface area (Å²) < 4.78 is 43.1. The number of carbonyl (C=O) groups excluding carboxylic acids is 1. The topological polar surface area (TPSA) is 38.1 Å². The first-order valence-electron chi connectivity index (χ1n) is 11.8. The summed E-state index contributed by atoms with van der Waals surface area (Å²) in [6.45, 7) is 4.54. The molecule has 0 unspecified atom stereocenters. The van der Waals surface area contributed by atoms with Crippen molar-refractivity contribution in [3.8, 4) is 0 Å². The number of imidazole rings is 1. The van der Waals surface area contributed by atoms with Crippen LogP contribution < -0.4 is 0 Å². The van der Waals surface area contributed by atoms with Gasteiger partial charge in [0.2, 0.25) is 0 Å². The summed E-state index contributed by atoms with van der Waals surface area (Å²) in [6, 6.07) is 10.7. The molecule has 1 aromatic heterocycles. The van der Waals surface area contributed by atoms with Crippen LogP contribution in [0.3, 0.4) is 0 Å². The Morgan fingerprint density at radius 1 is 1.18 bits per heavy atom. The minimum absolute atomic E-state index is 0.139. The molecule has 0 radical (unpaired) electrons. The number of hydrogen-bond acceptors (Lipinski definition) is 2. The van der Waals surface area contributed by atoms with Gasteiger partial charge in [-0.05, 0) is 55.5 Å². The van der Waals surface area contributed by atoms with Crippen LogP contribution in [0, 0.1) is 5.92 Å². The standard InChI is InChI=1S/C26H29ClF3N3O/c1-17(2)13-14-32(25(34)20-9-5-6-10-21(20)26(28,29)30)16-24-31-22-12-11-18(27)15-23(22)33(24)19-7-3-4-8-19/h5-6,9-12,15,17,19H,3-4,7-8,13-14,16H2,1-2H3. The molecule has 0 spiro atoms. The molecule has 0 N–H and O–H groups in total. The number of aromatic nitrogens is 2. The highest BCUT2D eigenvalue weighted by molar-refractivity contribution is 6.31. The van der Waals surface area contributed by atoms with Gasteiger partial charge in [-0.15, -0.1) is 0 Å². The molecule has 1 fully saturated rings. The fraction of sp³-hybridized carbons (Fsp3) is 0.462. The fourth-order valence-electron chi connectivity index (χ4n) is 4.72. The van der Waals surface area contributed by atoms with E-state index in [0.29, 0.717) is 29.7 Å². The second kappa shape index (κ2) is 9.98. The zero-order chi connectivity index (χ0) is 24.5. The number of rotatable bonds is 7. The summed E-state index contributed by atoms with van der Waals surface area (Å²) in [5, 5.41) is 0.602. The van der Waals surface area contributed by atoms with Crippen molar-refractivity contribution in [2.75, 3.05) is 6.54 Å². The van der Waals surface area contributed by atoms with E-state index in [1.807, 2.05) is 26.0 Å². The van der Waals surface area contributed by atoms with Gasteiger partial charge in [0.1, 0.15) is 5.82 Å². The largest absolute Gasteiger partial charge is 0.417 e. The summed E-state index contributed by atoms with van der Waals surface area (Å²) >= 11 is 6.28. The van der Waals surface area contributed by atoms with Crippen LogP contribution in [0.1, 0.15) is 73.7 Å². The third-order valence-electron chi connectivity index (χ3n) is 6.47. The maximum Gasteiger partial charge on any atom is 0.417 e. The Hall–Kier alpha value is -2.54. The average Bonchev–Trinajstić information content (AvgIpc) is 3.42. The van der Waals surface area contributed by atoms with E-state index in [9.17, 15) is 18.0 Å². The third-order valence-corrected chi connectivity index (χ3v) is 6.71. The number of carbonyl (C=O) groups is 1. The van der Waals surface area contributed by atoms with Crippen molar-refractivity contribution < 1.29 is 18.0 Å². The van der Waals surface area contributed by atoms with Crippen LogP contribution in [0.4, 0.5) is 13.2 Å². The molecule has 4 rings (SSSR count). The van der Waals surface area contributed by atoms with Gasteiger partial charge in [-0.25, -0.2) is 4.98 Å². The van der Waals surface area contributed by atoms with Crippen LogP contribution in [0.15, 0.2) is 42.5 Å². The van der Waals surface area contributed by atoms with Crippen LogP contribution in [-0.2, 0) is 12.7 Å². The van der Waals surface area contributed by atoms with Crippen LogP contribution in [0.2, 0.25) is 5.02 Å². The molecule has 1 saturated carbocycles. The van der Waals surface area contributed by atoms with Gasteiger partial charge in [-0.2, -0.15) is 13.2 Å². The first-order chi connectivity index (χ1) is 16.1. The van der Waals surface area contributed by atoms with Crippen molar-refractivity contribution >= 4 is 28.5 Å². The van der Waals surface area contributed by atoms with E-state index in [4.69, 9.17) is 16.6 Å². The number of fused-ring (bicyclic) bond motifs is 1. The van der Waals surface area contributed by atoms with Gasteiger partial charge in [-0.1, -0.05) is 50.4 Å². The minimum Gasteiger partial charge on any atom is -0.331 e. The lowest BCUT2D eigenvalue weighted by Crippen LogP contribution is -2.34. The molecular weight excluding hydrogens is 463 g/mol. The van der Waals surface area contributed by atoms with Gasteiger partial charge in [0.05, 0.1) is 28.7 Å². The zero-order valence-corrected chi connectivity index (χ0v) is 20.2. The lowest BCUT2D eigenvalue weighted by atomic mass is 10.0. The van der Waals surface area contributed by atoms with Gasteiger partial charge in [0.25, 0.3) is 5.91 Å². The van der Waals surface area contributed by atoms with E-state index >= 15 is 0 Å². The Morgan fingerprint density at radius 3 is 2.56 bits per heavy atom. The molecule has 34 heavy (non-hydrogen) atoms. The van der Waals surface area contributed by atoms with Crippen LogP contribution in [-0.4, -0.2) is 26.9 Å². The smallest absolute Gasteiger partial charge is 0.331 e. The van der Waals surface area contributed by atoms with E-state index in [1.54, 1.807) is 6.07 Å². The molecule has 182 valence electrons. The van der Waals surface area contributed by atoms with Gasteiger partial charge >= 0.3 is 6.18 Å². The molecule has 2 aromatic carbocycles. The summed E-state index contributed by atoms with van der Waals surface area (Å²) in [7, 11) is 0. The van der Waals surface area contributed by atoms with Crippen molar-refractivity contribution in [2.45, 2.75) is 64.7 Å². The van der Waals surface area contributed by atoms with E-state index in [1.165, 1.54) is 23.1 Å². The first kappa shape index (κ1) is 24.6. The van der Waals surface area contributed by atoms with Crippen LogP contribution in [0.5, 0.6) is 0 Å². The van der Waals surface area contributed by atoms with E-state index in [0.717, 1.165) is 42.8 Å².